The number of alkyl halides is 3. The van der Waals surface area contributed by atoms with Crippen molar-refractivity contribution in [2.75, 3.05) is 0 Å². The van der Waals surface area contributed by atoms with Gasteiger partial charge in [0.05, 0.1) is 0 Å². The molecule has 0 aliphatic heterocycles. The Hall–Kier alpha value is -0.290. The smallest absolute Gasteiger partial charge is 0.269 e. The molecule has 0 saturated heterocycles. The van der Waals surface area contributed by atoms with E-state index in [4.69, 9.17) is 10.2 Å². The SMILES string of the molecule is OC(F)C(O)C(F)F. The van der Waals surface area contributed by atoms with E-state index < -0.39 is 18.9 Å². The van der Waals surface area contributed by atoms with Crippen molar-refractivity contribution >= 4 is 0 Å². The van der Waals surface area contributed by atoms with Crippen LogP contribution in [0.1, 0.15) is 0 Å². The Labute approximate surface area is 43.6 Å². The quantitative estimate of drug-likeness (QED) is 0.548. The average Bonchev–Trinajstić information content (AvgIpc) is 1.64. The summed E-state index contributed by atoms with van der Waals surface area (Å²) in [5, 5.41) is 15.4. The predicted octanol–water partition coefficient (Wildman–Crippen LogP) is -0.0997. The van der Waals surface area contributed by atoms with Crippen LogP contribution in [-0.4, -0.2) is 29.1 Å². The molecule has 0 spiro atoms. The predicted molar refractivity (Wildman–Crippen MR) is 19.1 cm³/mol. The summed E-state index contributed by atoms with van der Waals surface area (Å²) in [6.07, 6.45) is -8.65. The van der Waals surface area contributed by atoms with Crippen molar-refractivity contribution in [3.8, 4) is 0 Å². The van der Waals surface area contributed by atoms with E-state index in [0.29, 0.717) is 0 Å². The summed E-state index contributed by atoms with van der Waals surface area (Å²) in [6, 6.07) is 0. The summed E-state index contributed by atoms with van der Waals surface area (Å²) in [5.41, 5.74) is 0. The Kier molecular flexibility index (Phi) is 2.78. The zero-order chi connectivity index (χ0) is 6.73. The van der Waals surface area contributed by atoms with E-state index in [2.05, 4.69) is 0 Å². The van der Waals surface area contributed by atoms with Crippen molar-refractivity contribution < 1.29 is 23.4 Å². The second-order valence-electron chi connectivity index (χ2n) is 1.20. The minimum absolute atomic E-state index is 2.57. The van der Waals surface area contributed by atoms with Crippen molar-refractivity contribution in [1.29, 1.82) is 0 Å². The zero-order valence-corrected chi connectivity index (χ0v) is 3.76. The maximum absolute atomic E-state index is 11.2. The minimum atomic E-state index is -3.23. The molecule has 0 aliphatic carbocycles. The van der Waals surface area contributed by atoms with Crippen LogP contribution in [0.3, 0.4) is 0 Å². The molecule has 0 radical (unpaired) electrons. The lowest BCUT2D eigenvalue weighted by Crippen LogP contribution is -2.28. The molecule has 0 aromatic heterocycles. The van der Waals surface area contributed by atoms with Gasteiger partial charge in [-0.15, -0.1) is 0 Å². The van der Waals surface area contributed by atoms with Gasteiger partial charge in [0, 0.05) is 0 Å². The molecule has 0 heterocycles. The van der Waals surface area contributed by atoms with Crippen molar-refractivity contribution in [1.82, 2.24) is 0 Å². The van der Waals surface area contributed by atoms with E-state index in [0.717, 1.165) is 0 Å². The van der Waals surface area contributed by atoms with Crippen LogP contribution < -0.4 is 0 Å². The van der Waals surface area contributed by atoms with Gasteiger partial charge in [0.1, 0.15) is 0 Å². The second kappa shape index (κ2) is 2.88. The largest absolute Gasteiger partial charge is 0.382 e. The van der Waals surface area contributed by atoms with Crippen molar-refractivity contribution in [3.63, 3.8) is 0 Å². The molecule has 0 fully saturated rings. The number of hydrogen-bond acceptors (Lipinski definition) is 2. The van der Waals surface area contributed by atoms with Crippen LogP contribution in [0, 0.1) is 0 Å². The van der Waals surface area contributed by atoms with Gasteiger partial charge < -0.3 is 10.2 Å². The lowest BCUT2D eigenvalue weighted by molar-refractivity contribution is -0.127. The Balaban J connectivity index is 3.46. The van der Waals surface area contributed by atoms with Gasteiger partial charge in [0.15, 0.2) is 6.10 Å². The Morgan fingerprint density at radius 2 is 1.38 bits per heavy atom. The fraction of sp³-hybridized carbons (Fsp3) is 1.00. The maximum atomic E-state index is 11.2. The van der Waals surface area contributed by atoms with Gasteiger partial charge in [0.25, 0.3) is 6.43 Å². The fourth-order valence-electron chi connectivity index (χ4n) is 0.120. The number of aliphatic hydroxyl groups is 2. The third-order valence-corrected chi connectivity index (χ3v) is 0.540. The van der Waals surface area contributed by atoms with Crippen LogP contribution >= 0.6 is 0 Å². The monoisotopic (exact) mass is 130 g/mol. The molecule has 0 saturated carbocycles. The summed E-state index contributed by atoms with van der Waals surface area (Å²) < 4.78 is 33.2. The van der Waals surface area contributed by atoms with E-state index in [1.807, 2.05) is 0 Å². The lowest BCUT2D eigenvalue weighted by Gasteiger charge is -2.07. The first-order chi connectivity index (χ1) is 3.55. The third-order valence-electron chi connectivity index (χ3n) is 0.540. The number of halogens is 3. The standard InChI is InChI=1S/C3H5F3O2/c4-2(5)1(7)3(6)8/h1-3,7-8H. The zero-order valence-electron chi connectivity index (χ0n) is 3.76. The van der Waals surface area contributed by atoms with Crippen molar-refractivity contribution in [3.05, 3.63) is 0 Å². The number of aliphatic hydroxyl groups excluding tert-OH is 2. The Bertz CT molecular complexity index is 57.5. The van der Waals surface area contributed by atoms with E-state index in [9.17, 15) is 13.2 Å². The average molecular weight is 130 g/mol. The van der Waals surface area contributed by atoms with E-state index >= 15 is 0 Å². The Morgan fingerprint density at radius 1 is 1.00 bits per heavy atom. The summed E-state index contributed by atoms with van der Waals surface area (Å²) >= 11 is 0. The lowest BCUT2D eigenvalue weighted by atomic mass is 10.4. The van der Waals surface area contributed by atoms with Crippen LogP contribution in [0.5, 0.6) is 0 Å². The number of hydrogen-bond donors (Lipinski definition) is 2. The van der Waals surface area contributed by atoms with E-state index in [-0.39, 0.29) is 0 Å². The molecule has 8 heavy (non-hydrogen) atoms. The molecule has 2 unspecified atom stereocenters. The van der Waals surface area contributed by atoms with Crippen LogP contribution in [-0.2, 0) is 0 Å². The molecule has 0 aromatic rings. The summed E-state index contributed by atoms with van der Waals surface area (Å²) in [7, 11) is 0. The first-order valence-corrected chi connectivity index (χ1v) is 1.84. The van der Waals surface area contributed by atoms with Crippen LogP contribution in [0.25, 0.3) is 0 Å². The molecular weight excluding hydrogens is 125 g/mol. The topological polar surface area (TPSA) is 40.5 Å². The molecule has 2 atom stereocenters. The second-order valence-corrected chi connectivity index (χ2v) is 1.20. The Morgan fingerprint density at radius 3 is 1.38 bits per heavy atom. The molecule has 0 aliphatic rings. The van der Waals surface area contributed by atoms with Crippen LogP contribution in [0.15, 0.2) is 0 Å². The first-order valence-electron chi connectivity index (χ1n) is 1.84. The van der Waals surface area contributed by atoms with Gasteiger partial charge in [-0.25, -0.2) is 13.2 Å². The van der Waals surface area contributed by atoms with Gasteiger partial charge in [0.2, 0.25) is 6.36 Å². The van der Waals surface area contributed by atoms with Crippen molar-refractivity contribution in [2.45, 2.75) is 18.9 Å². The van der Waals surface area contributed by atoms with Gasteiger partial charge in [-0.3, -0.25) is 0 Å². The first kappa shape index (κ1) is 7.71. The van der Waals surface area contributed by atoms with Crippen LogP contribution in [0.4, 0.5) is 13.2 Å². The molecule has 2 nitrogen and oxygen atoms in total. The van der Waals surface area contributed by atoms with Gasteiger partial charge in [-0.2, -0.15) is 0 Å². The van der Waals surface area contributed by atoms with Crippen LogP contribution in [0.2, 0.25) is 0 Å². The molecule has 0 aromatic carbocycles. The molecule has 2 N–H and O–H groups in total. The van der Waals surface area contributed by atoms with Gasteiger partial charge in [-0.1, -0.05) is 0 Å². The summed E-state index contributed by atoms with van der Waals surface area (Å²) in [4.78, 5) is 0. The molecule has 0 bridgehead atoms. The highest BCUT2D eigenvalue weighted by Gasteiger charge is 2.24. The van der Waals surface area contributed by atoms with Gasteiger partial charge >= 0.3 is 0 Å². The van der Waals surface area contributed by atoms with Crippen molar-refractivity contribution in [2.24, 2.45) is 0 Å². The molecule has 5 heteroatoms. The highest BCUT2D eigenvalue weighted by Crippen LogP contribution is 2.05. The minimum Gasteiger partial charge on any atom is -0.382 e. The van der Waals surface area contributed by atoms with Gasteiger partial charge in [-0.05, 0) is 0 Å². The molecule has 0 rings (SSSR count). The van der Waals surface area contributed by atoms with E-state index in [1.165, 1.54) is 0 Å². The molecule has 50 valence electrons. The molecular formula is C3H5F3O2. The normalized spacial score (nSPS) is 18.8. The summed E-state index contributed by atoms with van der Waals surface area (Å²) in [5.74, 6) is 0. The molecule has 0 amide bonds. The summed E-state index contributed by atoms with van der Waals surface area (Å²) in [6.45, 7) is 0. The maximum Gasteiger partial charge on any atom is 0.269 e. The highest BCUT2D eigenvalue weighted by atomic mass is 19.3. The number of rotatable bonds is 2. The third kappa shape index (κ3) is 2.13. The fourth-order valence-corrected chi connectivity index (χ4v) is 0.120. The highest BCUT2D eigenvalue weighted by molar-refractivity contribution is 4.57. The van der Waals surface area contributed by atoms with E-state index in [1.54, 1.807) is 0 Å².